The minimum Gasteiger partial charge on any atom is -0.365 e. The summed E-state index contributed by atoms with van der Waals surface area (Å²) in [6.45, 7) is 6.99. The number of hydrogen-bond donors (Lipinski definition) is 1. The van der Waals surface area contributed by atoms with Crippen LogP contribution in [0.2, 0.25) is 0 Å². The predicted octanol–water partition coefficient (Wildman–Crippen LogP) is 2.14. The van der Waals surface area contributed by atoms with Gasteiger partial charge in [-0.1, -0.05) is 13.8 Å². The molecule has 25 heavy (non-hydrogen) atoms. The molecule has 0 atom stereocenters. The zero-order chi connectivity index (χ0) is 18.0. The molecule has 0 amide bonds. The van der Waals surface area contributed by atoms with Crippen molar-refractivity contribution < 1.29 is 8.42 Å². The van der Waals surface area contributed by atoms with E-state index in [1.165, 1.54) is 22.0 Å². The molecule has 3 aromatic rings. The average Bonchev–Trinajstić information content (AvgIpc) is 3.22. The van der Waals surface area contributed by atoms with Crippen LogP contribution in [0, 0.1) is 6.92 Å². The number of hydrogen-bond acceptors (Lipinski definition) is 7. The molecule has 1 N–H and O–H groups in total. The maximum atomic E-state index is 12.6. The molecule has 0 spiro atoms. The maximum absolute atomic E-state index is 12.6. The van der Waals surface area contributed by atoms with Crippen molar-refractivity contribution in [3.05, 3.63) is 35.1 Å². The Hall–Kier alpha value is -2.04. The SMILES string of the molecule is CCN(CC)S(=O)(=O)c1ccc(CNc2cc(C)nc3ncnn23)s1. The molecular weight excluding hydrogens is 360 g/mol. The molecule has 0 radical (unpaired) electrons. The molecular formula is C15H20N6O2S2. The van der Waals surface area contributed by atoms with Crippen LogP contribution in [0.4, 0.5) is 5.82 Å². The molecule has 3 rings (SSSR count). The van der Waals surface area contributed by atoms with Crippen LogP contribution in [-0.4, -0.2) is 45.4 Å². The fraction of sp³-hybridized carbons (Fsp3) is 0.400. The van der Waals surface area contributed by atoms with Gasteiger partial charge in [-0.3, -0.25) is 0 Å². The van der Waals surface area contributed by atoms with Gasteiger partial charge in [0.25, 0.3) is 15.8 Å². The first kappa shape index (κ1) is 17.8. The fourth-order valence-electron chi connectivity index (χ4n) is 2.52. The van der Waals surface area contributed by atoms with Gasteiger partial charge in [-0.15, -0.1) is 11.3 Å². The number of fused-ring (bicyclic) bond motifs is 1. The van der Waals surface area contributed by atoms with Gasteiger partial charge in [0.2, 0.25) is 0 Å². The molecule has 10 heteroatoms. The molecule has 0 aliphatic rings. The number of nitrogens with zero attached hydrogens (tertiary/aromatic N) is 5. The molecule has 0 bridgehead atoms. The van der Waals surface area contributed by atoms with Crippen molar-refractivity contribution in [2.24, 2.45) is 0 Å². The van der Waals surface area contributed by atoms with Crippen LogP contribution in [0.15, 0.2) is 28.7 Å². The number of nitrogens with one attached hydrogen (secondary N) is 1. The van der Waals surface area contributed by atoms with Gasteiger partial charge in [-0.2, -0.15) is 18.9 Å². The van der Waals surface area contributed by atoms with Crippen LogP contribution in [-0.2, 0) is 16.6 Å². The van der Waals surface area contributed by atoms with Gasteiger partial charge in [0.1, 0.15) is 16.4 Å². The Kier molecular flexibility index (Phi) is 5.02. The lowest BCUT2D eigenvalue weighted by Crippen LogP contribution is -2.29. The first-order valence-corrected chi connectivity index (χ1v) is 10.2. The summed E-state index contributed by atoms with van der Waals surface area (Å²) < 4.78 is 28.5. The molecule has 0 aromatic carbocycles. The molecule has 0 aliphatic heterocycles. The Morgan fingerprint density at radius 1 is 1.28 bits per heavy atom. The lowest BCUT2D eigenvalue weighted by Gasteiger charge is -2.16. The lowest BCUT2D eigenvalue weighted by molar-refractivity contribution is 0.447. The number of aryl methyl sites for hydroxylation is 1. The van der Waals surface area contributed by atoms with Gasteiger partial charge in [0, 0.05) is 29.7 Å². The highest BCUT2D eigenvalue weighted by atomic mass is 32.2. The van der Waals surface area contributed by atoms with Gasteiger partial charge >= 0.3 is 0 Å². The molecule has 0 aliphatic carbocycles. The third-order valence-corrected chi connectivity index (χ3v) is 7.36. The molecule has 8 nitrogen and oxygen atoms in total. The molecule has 3 heterocycles. The van der Waals surface area contributed by atoms with Crippen molar-refractivity contribution in [3.63, 3.8) is 0 Å². The minimum atomic E-state index is -3.41. The monoisotopic (exact) mass is 380 g/mol. The van der Waals surface area contributed by atoms with Crippen molar-refractivity contribution in [1.82, 2.24) is 23.9 Å². The maximum Gasteiger partial charge on any atom is 0.254 e. The van der Waals surface area contributed by atoms with Crippen molar-refractivity contribution in [1.29, 1.82) is 0 Å². The molecule has 0 fully saturated rings. The molecule has 0 saturated carbocycles. The largest absolute Gasteiger partial charge is 0.365 e. The summed E-state index contributed by atoms with van der Waals surface area (Å²) in [6, 6.07) is 5.38. The van der Waals surface area contributed by atoms with Crippen LogP contribution in [0.5, 0.6) is 0 Å². The van der Waals surface area contributed by atoms with E-state index in [-0.39, 0.29) is 0 Å². The third-order valence-electron chi connectivity index (χ3n) is 3.76. The van der Waals surface area contributed by atoms with Gasteiger partial charge in [0.05, 0.1) is 6.54 Å². The van der Waals surface area contributed by atoms with E-state index in [9.17, 15) is 8.42 Å². The standard InChI is InChI=1S/C15H20N6O2S2/c1-4-20(5-2)25(22,23)14-7-6-12(24-14)9-16-13-8-11(3)19-15-17-10-18-21(13)15/h6-8,10,16H,4-5,9H2,1-3H3. The van der Waals surface area contributed by atoms with Crippen LogP contribution < -0.4 is 5.32 Å². The summed E-state index contributed by atoms with van der Waals surface area (Å²) in [4.78, 5) is 9.31. The predicted molar refractivity (Wildman–Crippen MR) is 97.3 cm³/mol. The second-order valence-corrected chi connectivity index (χ2v) is 8.75. The summed E-state index contributed by atoms with van der Waals surface area (Å²) in [5, 5.41) is 7.42. The molecule has 3 aromatic heterocycles. The van der Waals surface area contributed by atoms with Crippen molar-refractivity contribution in [2.75, 3.05) is 18.4 Å². The smallest absolute Gasteiger partial charge is 0.254 e. The topological polar surface area (TPSA) is 92.5 Å². The van der Waals surface area contributed by atoms with Crippen LogP contribution >= 0.6 is 11.3 Å². The van der Waals surface area contributed by atoms with Crippen LogP contribution in [0.1, 0.15) is 24.4 Å². The lowest BCUT2D eigenvalue weighted by atomic mass is 10.4. The zero-order valence-electron chi connectivity index (χ0n) is 14.3. The van der Waals surface area contributed by atoms with E-state index < -0.39 is 10.0 Å². The average molecular weight is 380 g/mol. The zero-order valence-corrected chi connectivity index (χ0v) is 15.9. The second kappa shape index (κ2) is 7.06. The normalized spacial score (nSPS) is 12.2. The first-order chi connectivity index (χ1) is 12.0. The first-order valence-electron chi connectivity index (χ1n) is 7.95. The van der Waals surface area contributed by atoms with E-state index in [2.05, 4.69) is 20.4 Å². The second-order valence-electron chi connectivity index (χ2n) is 5.42. The van der Waals surface area contributed by atoms with Crippen molar-refractivity contribution in [3.8, 4) is 0 Å². The third kappa shape index (κ3) is 3.51. The van der Waals surface area contributed by atoms with Gasteiger partial charge < -0.3 is 5.32 Å². The van der Waals surface area contributed by atoms with E-state index in [1.807, 2.05) is 32.9 Å². The number of aromatic nitrogens is 4. The highest BCUT2D eigenvalue weighted by Crippen LogP contribution is 2.25. The summed E-state index contributed by atoms with van der Waals surface area (Å²) in [7, 11) is -3.41. The van der Waals surface area contributed by atoms with E-state index in [1.54, 1.807) is 10.6 Å². The van der Waals surface area contributed by atoms with Crippen molar-refractivity contribution in [2.45, 2.75) is 31.5 Å². The van der Waals surface area contributed by atoms with E-state index >= 15 is 0 Å². The summed E-state index contributed by atoms with van der Waals surface area (Å²) in [6.07, 6.45) is 1.45. The molecule has 0 saturated heterocycles. The highest BCUT2D eigenvalue weighted by Gasteiger charge is 2.23. The van der Waals surface area contributed by atoms with E-state index in [0.29, 0.717) is 29.6 Å². The van der Waals surface area contributed by atoms with E-state index in [0.717, 1.165) is 16.4 Å². The van der Waals surface area contributed by atoms with Gasteiger partial charge in [0.15, 0.2) is 0 Å². The molecule has 134 valence electrons. The Balaban J connectivity index is 1.79. The number of anilines is 1. The molecule has 0 unspecified atom stereocenters. The quantitative estimate of drug-likeness (QED) is 0.675. The summed E-state index contributed by atoms with van der Waals surface area (Å²) in [5.41, 5.74) is 0.832. The number of thiophene rings is 1. The van der Waals surface area contributed by atoms with E-state index in [4.69, 9.17) is 0 Å². The Labute approximate surface area is 150 Å². The van der Waals surface area contributed by atoms with Gasteiger partial charge in [-0.05, 0) is 19.1 Å². The van der Waals surface area contributed by atoms with Crippen molar-refractivity contribution >= 4 is 33.0 Å². The number of sulfonamides is 1. The summed E-state index contributed by atoms with van der Waals surface area (Å²) in [5.74, 6) is 1.29. The minimum absolute atomic E-state index is 0.366. The number of rotatable bonds is 7. The van der Waals surface area contributed by atoms with Crippen LogP contribution in [0.25, 0.3) is 5.78 Å². The fourth-order valence-corrected chi connectivity index (χ4v) is 5.42. The van der Waals surface area contributed by atoms with Crippen LogP contribution in [0.3, 0.4) is 0 Å². The van der Waals surface area contributed by atoms with Gasteiger partial charge in [-0.25, -0.2) is 13.4 Å². The Morgan fingerprint density at radius 2 is 2.04 bits per heavy atom. The highest BCUT2D eigenvalue weighted by molar-refractivity contribution is 7.91. The Morgan fingerprint density at radius 3 is 2.76 bits per heavy atom. The Bertz CT molecular complexity index is 975. The summed E-state index contributed by atoms with van der Waals surface area (Å²) >= 11 is 1.28.